The fourth-order valence-corrected chi connectivity index (χ4v) is 2.84. The number of guanidine groups is 1. The van der Waals surface area contributed by atoms with Gasteiger partial charge in [0.25, 0.3) is 0 Å². The number of hydrogen-bond acceptors (Lipinski definition) is 2. The zero-order chi connectivity index (χ0) is 18.4. The van der Waals surface area contributed by atoms with E-state index in [2.05, 4.69) is 73.8 Å². The molecule has 0 atom stereocenters. The number of nitrogens with one attached hydrogen (secondary N) is 2. The first-order valence-electron chi connectivity index (χ1n) is 8.92. The smallest absolute Gasteiger partial charge is 0.191 e. The van der Waals surface area contributed by atoms with Crippen molar-refractivity contribution in [3.63, 3.8) is 0 Å². The first-order valence-corrected chi connectivity index (χ1v) is 8.92. The van der Waals surface area contributed by atoms with Crippen LogP contribution in [-0.4, -0.2) is 28.8 Å². The van der Waals surface area contributed by atoms with Gasteiger partial charge in [0.05, 0.1) is 12.2 Å². The van der Waals surface area contributed by atoms with Gasteiger partial charge in [0, 0.05) is 36.8 Å². The summed E-state index contributed by atoms with van der Waals surface area (Å²) in [7, 11) is 1.97. The van der Waals surface area contributed by atoms with E-state index in [1.165, 1.54) is 16.8 Å². The van der Waals surface area contributed by atoms with Crippen LogP contribution in [0.3, 0.4) is 0 Å². The zero-order valence-corrected chi connectivity index (χ0v) is 16.3. The Labute approximate surface area is 151 Å². The van der Waals surface area contributed by atoms with Crippen LogP contribution >= 0.6 is 0 Å². The lowest BCUT2D eigenvalue weighted by Crippen LogP contribution is -2.43. The van der Waals surface area contributed by atoms with E-state index in [9.17, 15) is 0 Å². The van der Waals surface area contributed by atoms with E-state index >= 15 is 0 Å². The monoisotopic (exact) mass is 341 g/mol. The zero-order valence-electron chi connectivity index (χ0n) is 16.3. The minimum atomic E-state index is 0.0254. The van der Waals surface area contributed by atoms with Crippen molar-refractivity contribution in [2.24, 2.45) is 12.0 Å². The topological polar surface area (TPSA) is 54.2 Å². The van der Waals surface area contributed by atoms with E-state index in [0.717, 1.165) is 24.7 Å². The van der Waals surface area contributed by atoms with Crippen LogP contribution in [0.25, 0.3) is 0 Å². The van der Waals surface area contributed by atoms with Crippen LogP contribution in [0.4, 0.5) is 0 Å². The maximum absolute atomic E-state index is 4.76. The molecule has 0 amide bonds. The van der Waals surface area contributed by atoms with Crippen molar-refractivity contribution in [1.82, 2.24) is 20.4 Å². The average Bonchev–Trinajstić information content (AvgIpc) is 2.83. The lowest BCUT2D eigenvalue weighted by molar-refractivity contribution is 0.508. The minimum absolute atomic E-state index is 0.0254. The second-order valence-electron chi connectivity index (χ2n) is 7.07. The molecule has 136 valence electrons. The molecule has 1 aromatic carbocycles. The van der Waals surface area contributed by atoms with Gasteiger partial charge in [0.2, 0.25) is 0 Å². The second-order valence-corrected chi connectivity index (χ2v) is 7.07. The molecule has 2 rings (SSSR count). The summed E-state index contributed by atoms with van der Waals surface area (Å²) in [6.45, 7) is 13.0. The van der Waals surface area contributed by atoms with Gasteiger partial charge in [-0.2, -0.15) is 5.10 Å². The maximum Gasteiger partial charge on any atom is 0.191 e. The predicted octanol–water partition coefficient (Wildman–Crippen LogP) is 3.07. The number of hydrogen-bond donors (Lipinski definition) is 2. The molecular weight excluding hydrogens is 310 g/mol. The van der Waals surface area contributed by atoms with Gasteiger partial charge < -0.3 is 10.6 Å². The van der Waals surface area contributed by atoms with Gasteiger partial charge in [-0.15, -0.1) is 0 Å². The third kappa shape index (κ3) is 4.84. The molecule has 0 radical (unpaired) electrons. The first-order chi connectivity index (χ1) is 11.8. The van der Waals surface area contributed by atoms with Crippen molar-refractivity contribution >= 4 is 5.96 Å². The Morgan fingerprint density at radius 1 is 1.16 bits per heavy atom. The molecule has 2 aromatic rings. The third-order valence-electron chi connectivity index (χ3n) is 4.65. The summed E-state index contributed by atoms with van der Waals surface area (Å²) < 4.78 is 1.92. The number of aliphatic imine (C=N–C) groups is 1. The highest BCUT2D eigenvalue weighted by Crippen LogP contribution is 2.21. The molecule has 0 bridgehead atoms. The molecule has 1 aromatic heterocycles. The summed E-state index contributed by atoms with van der Waals surface area (Å²) in [5.74, 6) is 0.842. The van der Waals surface area contributed by atoms with Gasteiger partial charge in [-0.25, -0.2) is 4.99 Å². The molecule has 0 saturated carbocycles. The van der Waals surface area contributed by atoms with E-state index in [1.807, 2.05) is 18.7 Å². The van der Waals surface area contributed by atoms with Crippen LogP contribution in [0.2, 0.25) is 0 Å². The normalized spacial score (nSPS) is 12.3. The molecule has 0 saturated heterocycles. The molecule has 0 aliphatic rings. The summed E-state index contributed by atoms with van der Waals surface area (Å²) in [6, 6.07) is 10.6. The van der Waals surface area contributed by atoms with E-state index in [0.29, 0.717) is 6.54 Å². The van der Waals surface area contributed by atoms with Crippen molar-refractivity contribution in [2.75, 3.05) is 13.1 Å². The average molecular weight is 342 g/mol. The van der Waals surface area contributed by atoms with Crippen molar-refractivity contribution in [3.05, 3.63) is 52.8 Å². The third-order valence-corrected chi connectivity index (χ3v) is 4.65. The van der Waals surface area contributed by atoms with Gasteiger partial charge in [-0.1, -0.05) is 44.2 Å². The molecule has 5 nitrogen and oxygen atoms in total. The Bertz CT molecular complexity index is 713. The van der Waals surface area contributed by atoms with Gasteiger partial charge >= 0.3 is 0 Å². The first kappa shape index (κ1) is 19.0. The predicted molar refractivity (Wildman–Crippen MR) is 105 cm³/mol. The summed E-state index contributed by atoms with van der Waals surface area (Å²) >= 11 is 0. The number of rotatable bonds is 6. The lowest BCUT2D eigenvalue weighted by Gasteiger charge is -2.26. The molecule has 5 heteroatoms. The Balaban J connectivity index is 2.07. The summed E-state index contributed by atoms with van der Waals surface area (Å²) in [5.41, 5.74) is 4.75. The highest BCUT2D eigenvalue weighted by atomic mass is 15.3. The fourth-order valence-electron chi connectivity index (χ4n) is 2.84. The Kier molecular flexibility index (Phi) is 6.23. The van der Waals surface area contributed by atoms with E-state index < -0.39 is 0 Å². The molecule has 2 N–H and O–H groups in total. The Morgan fingerprint density at radius 2 is 1.84 bits per heavy atom. The van der Waals surface area contributed by atoms with Crippen LogP contribution in [0.15, 0.2) is 35.3 Å². The maximum atomic E-state index is 4.76. The molecule has 0 aliphatic carbocycles. The largest absolute Gasteiger partial charge is 0.357 e. The highest BCUT2D eigenvalue weighted by Gasteiger charge is 2.20. The van der Waals surface area contributed by atoms with Gasteiger partial charge in [0.15, 0.2) is 5.96 Å². The van der Waals surface area contributed by atoms with Gasteiger partial charge in [0.1, 0.15) is 0 Å². The molecular formula is C20H31N5. The van der Waals surface area contributed by atoms with Crippen molar-refractivity contribution < 1.29 is 0 Å². The lowest BCUT2D eigenvalue weighted by atomic mass is 9.85. The van der Waals surface area contributed by atoms with E-state index in [4.69, 9.17) is 4.99 Å². The SMILES string of the molecule is CCNC(=NCc1c(C)nn(C)c1C)NCC(C)(C)c1ccccc1. The van der Waals surface area contributed by atoms with Crippen LogP contribution in [0.5, 0.6) is 0 Å². The molecule has 0 aliphatic heterocycles. The molecule has 25 heavy (non-hydrogen) atoms. The van der Waals surface area contributed by atoms with Crippen molar-refractivity contribution in [2.45, 2.75) is 46.6 Å². The Hall–Kier alpha value is -2.30. The molecule has 0 fully saturated rings. The number of aromatic nitrogens is 2. The number of benzene rings is 1. The molecule has 0 spiro atoms. The minimum Gasteiger partial charge on any atom is -0.357 e. The summed E-state index contributed by atoms with van der Waals surface area (Å²) in [5, 5.41) is 11.3. The standard InChI is InChI=1S/C20H31N5/c1-7-21-19(22-13-18-15(2)24-25(6)16(18)3)23-14-20(4,5)17-11-9-8-10-12-17/h8-12H,7,13-14H2,1-6H3,(H2,21,22,23). The number of aryl methyl sites for hydroxylation is 2. The van der Waals surface area contributed by atoms with Crippen molar-refractivity contribution in [1.29, 1.82) is 0 Å². The second kappa shape index (κ2) is 8.19. The molecule has 1 heterocycles. The van der Waals surface area contributed by atoms with E-state index in [-0.39, 0.29) is 5.41 Å². The highest BCUT2D eigenvalue weighted by molar-refractivity contribution is 5.79. The van der Waals surface area contributed by atoms with E-state index in [1.54, 1.807) is 0 Å². The van der Waals surface area contributed by atoms with Crippen molar-refractivity contribution in [3.8, 4) is 0 Å². The summed E-state index contributed by atoms with van der Waals surface area (Å²) in [6.07, 6.45) is 0. The van der Waals surface area contributed by atoms with Crippen LogP contribution in [0.1, 0.15) is 43.3 Å². The van der Waals surface area contributed by atoms with Crippen LogP contribution < -0.4 is 10.6 Å². The van der Waals surface area contributed by atoms with Gasteiger partial charge in [-0.05, 0) is 26.3 Å². The summed E-state index contributed by atoms with van der Waals surface area (Å²) in [4.78, 5) is 4.76. The number of nitrogens with zero attached hydrogens (tertiary/aromatic N) is 3. The van der Waals surface area contributed by atoms with Crippen LogP contribution in [0, 0.1) is 13.8 Å². The Morgan fingerprint density at radius 3 is 2.40 bits per heavy atom. The fraction of sp³-hybridized carbons (Fsp3) is 0.500. The van der Waals surface area contributed by atoms with Gasteiger partial charge in [-0.3, -0.25) is 4.68 Å². The quantitative estimate of drug-likeness (QED) is 0.627. The molecule has 0 unspecified atom stereocenters. The van der Waals surface area contributed by atoms with Crippen LogP contribution in [-0.2, 0) is 19.0 Å².